The number of amides is 1. The molecule has 1 aliphatic rings. The van der Waals surface area contributed by atoms with E-state index in [9.17, 15) is 17.6 Å². The van der Waals surface area contributed by atoms with Crippen LogP contribution in [0.25, 0.3) is 10.9 Å². The quantitative estimate of drug-likeness (QED) is 0.865. The van der Waals surface area contributed by atoms with Gasteiger partial charge in [-0.15, -0.1) is 0 Å². The van der Waals surface area contributed by atoms with Crippen LogP contribution in [0.3, 0.4) is 0 Å². The van der Waals surface area contributed by atoms with Gasteiger partial charge in [0.2, 0.25) is 5.91 Å². The number of carbonyl (C=O) groups excluding carboxylic acids is 1. The van der Waals surface area contributed by atoms with E-state index >= 15 is 0 Å². The Kier molecular flexibility index (Phi) is 4.83. The van der Waals surface area contributed by atoms with Crippen molar-refractivity contribution in [2.24, 2.45) is 5.92 Å². The van der Waals surface area contributed by atoms with E-state index in [2.05, 4.69) is 10.3 Å². The predicted octanol–water partition coefficient (Wildman–Crippen LogP) is 2.44. The molecule has 24 heavy (non-hydrogen) atoms. The molecule has 1 fully saturated rings. The molecule has 0 spiro atoms. The third kappa shape index (κ3) is 3.72. The molecular formula is C16H18ClFN2O3S. The van der Waals surface area contributed by atoms with E-state index in [0.717, 1.165) is 10.9 Å². The Balaban J connectivity index is 1.60. The van der Waals surface area contributed by atoms with Crippen LogP contribution in [0.4, 0.5) is 4.39 Å². The first-order valence-corrected chi connectivity index (χ1v) is 9.99. The summed E-state index contributed by atoms with van der Waals surface area (Å²) in [5.41, 5.74) is 1.57. The van der Waals surface area contributed by atoms with Crippen LogP contribution in [0.1, 0.15) is 18.4 Å². The molecule has 0 saturated carbocycles. The van der Waals surface area contributed by atoms with E-state index in [-0.39, 0.29) is 22.4 Å². The lowest BCUT2D eigenvalue weighted by molar-refractivity contribution is -0.124. The van der Waals surface area contributed by atoms with Gasteiger partial charge in [0.25, 0.3) is 0 Å². The molecule has 3 rings (SSSR count). The fourth-order valence-electron chi connectivity index (χ4n) is 3.08. The zero-order valence-electron chi connectivity index (χ0n) is 12.9. The normalized spacial score (nSPS) is 20.2. The lowest BCUT2D eigenvalue weighted by atomic mass is 10.0. The van der Waals surface area contributed by atoms with E-state index in [1.54, 1.807) is 12.3 Å². The van der Waals surface area contributed by atoms with Gasteiger partial charge in [0.15, 0.2) is 9.84 Å². The fourth-order valence-corrected chi connectivity index (χ4v) is 4.94. The van der Waals surface area contributed by atoms with Crippen molar-refractivity contribution in [2.75, 3.05) is 18.1 Å². The van der Waals surface area contributed by atoms with Crippen LogP contribution in [0.2, 0.25) is 5.02 Å². The number of H-pyrrole nitrogens is 1. The number of carbonyl (C=O) groups is 1. The van der Waals surface area contributed by atoms with Crippen molar-refractivity contribution in [2.45, 2.75) is 19.3 Å². The molecule has 8 heteroatoms. The smallest absolute Gasteiger partial charge is 0.224 e. The number of benzene rings is 1. The highest BCUT2D eigenvalue weighted by Gasteiger charge is 2.29. The monoisotopic (exact) mass is 372 g/mol. The second kappa shape index (κ2) is 6.72. The molecule has 130 valence electrons. The number of fused-ring (bicyclic) bond motifs is 1. The molecule has 1 amide bonds. The molecule has 2 aromatic rings. The van der Waals surface area contributed by atoms with Crippen LogP contribution in [0.15, 0.2) is 18.3 Å². The first-order chi connectivity index (χ1) is 11.4. The third-order valence-electron chi connectivity index (χ3n) is 4.34. The number of halogens is 2. The summed E-state index contributed by atoms with van der Waals surface area (Å²) in [5, 5.41) is 3.67. The van der Waals surface area contributed by atoms with Crippen molar-refractivity contribution in [1.29, 1.82) is 0 Å². The zero-order valence-corrected chi connectivity index (χ0v) is 14.5. The van der Waals surface area contributed by atoms with Crippen molar-refractivity contribution in [3.8, 4) is 0 Å². The number of hydrogen-bond acceptors (Lipinski definition) is 3. The first-order valence-electron chi connectivity index (χ1n) is 7.79. The minimum atomic E-state index is -3.10. The third-order valence-corrected chi connectivity index (χ3v) is 6.45. The van der Waals surface area contributed by atoms with E-state index in [4.69, 9.17) is 11.6 Å². The molecular weight excluding hydrogens is 355 g/mol. The Hall–Kier alpha value is -1.60. The summed E-state index contributed by atoms with van der Waals surface area (Å²) in [6, 6.07) is 2.90. The Morgan fingerprint density at radius 2 is 2.21 bits per heavy atom. The number of sulfone groups is 1. The van der Waals surface area contributed by atoms with E-state index in [0.29, 0.717) is 31.3 Å². The largest absolute Gasteiger partial charge is 0.361 e. The summed E-state index contributed by atoms with van der Waals surface area (Å²) in [6.07, 6.45) is 3.45. The molecule has 2 N–H and O–H groups in total. The molecule has 0 aliphatic carbocycles. The topological polar surface area (TPSA) is 79.0 Å². The Bertz CT molecular complexity index is 879. The van der Waals surface area contributed by atoms with Crippen LogP contribution in [0.5, 0.6) is 0 Å². The zero-order chi connectivity index (χ0) is 17.3. The van der Waals surface area contributed by atoms with Gasteiger partial charge in [-0.05, 0) is 37.0 Å². The predicted molar refractivity (Wildman–Crippen MR) is 91.4 cm³/mol. The van der Waals surface area contributed by atoms with Crippen molar-refractivity contribution < 1.29 is 17.6 Å². The summed E-state index contributed by atoms with van der Waals surface area (Å²) < 4.78 is 36.6. The number of aromatic nitrogens is 1. The average molecular weight is 373 g/mol. The van der Waals surface area contributed by atoms with Gasteiger partial charge >= 0.3 is 0 Å². The maximum atomic E-state index is 13.4. The van der Waals surface area contributed by atoms with Gasteiger partial charge in [-0.3, -0.25) is 4.79 Å². The van der Waals surface area contributed by atoms with Gasteiger partial charge in [-0.25, -0.2) is 12.8 Å². The van der Waals surface area contributed by atoms with Crippen molar-refractivity contribution in [3.05, 3.63) is 34.7 Å². The van der Waals surface area contributed by atoms with Gasteiger partial charge in [-0.1, -0.05) is 11.6 Å². The average Bonchev–Trinajstić information content (AvgIpc) is 2.89. The van der Waals surface area contributed by atoms with Crippen LogP contribution >= 0.6 is 11.6 Å². The van der Waals surface area contributed by atoms with Crippen LogP contribution in [-0.2, 0) is 21.1 Å². The minimum absolute atomic E-state index is 0.0554. The minimum Gasteiger partial charge on any atom is -0.361 e. The van der Waals surface area contributed by atoms with Gasteiger partial charge in [0.05, 0.1) is 22.4 Å². The molecule has 1 aliphatic heterocycles. The van der Waals surface area contributed by atoms with E-state index in [1.165, 1.54) is 6.07 Å². The Morgan fingerprint density at radius 1 is 1.42 bits per heavy atom. The van der Waals surface area contributed by atoms with Crippen LogP contribution in [0, 0.1) is 11.7 Å². The number of rotatable bonds is 4. The maximum Gasteiger partial charge on any atom is 0.224 e. The molecule has 1 atom stereocenters. The molecule has 2 heterocycles. The molecule has 0 radical (unpaired) electrons. The highest BCUT2D eigenvalue weighted by molar-refractivity contribution is 7.91. The SMILES string of the molecule is O=C(NCCc1c[nH]c2cc(F)c(Cl)cc12)C1CCCS(=O)(=O)C1. The van der Waals surface area contributed by atoms with Crippen molar-refractivity contribution >= 4 is 38.2 Å². The second-order valence-electron chi connectivity index (χ2n) is 6.12. The highest BCUT2D eigenvalue weighted by Crippen LogP contribution is 2.25. The lowest BCUT2D eigenvalue weighted by Gasteiger charge is -2.21. The van der Waals surface area contributed by atoms with Gasteiger partial charge in [0.1, 0.15) is 5.82 Å². The molecule has 1 saturated heterocycles. The molecule has 0 bridgehead atoms. The van der Waals surface area contributed by atoms with Gasteiger partial charge < -0.3 is 10.3 Å². The van der Waals surface area contributed by atoms with Gasteiger partial charge in [-0.2, -0.15) is 0 Å². The molecule has 1 unspecified atom stereocenters. The van der Waals surface area contributed by atoms with Crippen molar-refractivity contribution in [3.63, 3.8) is 0 Å². The lowest BCUT2D eigenvalue weighted by Crippen LogP contribution is -2.38. The summed E-state index contributed by atoms with van der Waals surface area (Å²) in [5.74, 6) is -1.06. The highest BCUT2D eigenvalue weighted by atomic mass is 35.5. The standard InChI is InChI=1S/C16H18ClFN2O3S/c17-13-6-12-10(8-20-15(12)7-14(13)18)3-4-19-16(21)11-2-1-5-24(22,23)9-11/h6-8,11,20H,1-5,9H2,(H,19,21). The second-order valence-corrected chi connectivity index (χ2v) is 8.76. The summed E-state index contributed by atoms with van der Waals surface area (Å²) >= 11 is 5.81. The number of hydrogen-bond donors (Lipinski definition) is 2. The number of aromatic amines is 1. The molecule has 5 nitrogen and oxygen atoms in total. The number of nitrogens with one attached hydrogen (secondary N) is 2. The molecule has 1 aromatic heterocycles. The summed E-state index contributed by atoms with van der Waals surface area (Å²) in [7, 11) is -3.10. The van der Waals surface area contributed by atoms with Crippen LogP contribution < -0.4 is 5.32 Å². The Labute approximate surface area is 144 Å². The fraction of sp³-hybridized carbons (Fsp3) is 0.438. The first kappa shape index (κ1) is 17.2. The van der Waals surface area contributed by atoms with E-state index < -0.39 is 21.6 Å². The van der Waals surface area contributed by atoms with Crippen LogP contribution in [-0.4, -0.2) is 37.4 Å². The van der Waals surface area contributed by atoms with Crippen molar-refractivity contribution in [1.82, 2.24) is 10.3 Å². The maximum absolute atomic E-state index is 13.4. The summed E-state index contributed by atoms with van der Waals surface area (Å²) in [4.78, 5) is 15.1. The van der Waals surface area contributed by atoms with Gasteiger partial charge in [0, 0.05) is 23.6 Å². The summed E-state index contributed by atoms with van der Waals surface area (Å²) in [6.45, 7) is 0.386. The molecule has 1 aromatic carbocycles. The van der Waals surface area contributed by atoms with E-state index in [1.807, 2.05) is 0 Å². The Morgan fingerprint density at radius 3 is 2.96 bits per heavy atom.